The molecule has 1 amide bonds. The zero-order valence-corrected chi connectivity index (χ0v) is 13.8. The normalized spacial score (nSPS) is 16.2. The third-order valence-corrected chi connectivity index (χ3v) is 4.67. The van der Waals surface area contributed by atoms with E-state index in [2.05, 4.69) is 39.4 Å². The minimum atomic E-state index is 0.116. The molecule has 0 radical (unpaired) electrons. The highest BCUT2D eigenvalue weighted by molar-refractivity contribution is 5.79. The van der Waals surface area contributed by atoms with Crippen molar-refractivity contribution in [3.8, 4) is 0 Å². The first kappa shape index (κ1) is 15.7. The molecule has 124 valence electrons. The molecule has 1 aliphatic heterocycles. The molecule has 0 bridgehead atoms. The number of carbonyl (C=O) groups is 1. The molecule has 0 unspecified atom stereocenters. The predicted molar refractivity (Wildman–Crippen MR) is 88.2 cm³/mol. The van der Waals surface area contributed by atoms with Crippen LogP contribution in [0.3, 0.4) is 0 Å². The second-order valence-corrected chi connectivity index (χ2v) is 6.11. The first-order valence-electron chi connectivity index (χ1n) is 8.43. The van der Waals surface area contributed by atoms with Crippen LogP contribution in [0, 0.1) is 5.92 Å². The van der Waals surface area contributed by atoms with Crippen molar-refractivity contribution in [1.29, 1.82) is 0 Å². The molecule has 7 nitrogen and oxygen atoms in total. The van der Waals surface area contributed by atoms with E-state index in [4.69, 9.17) is 0 Å². The molecule has 2 aromatic rings. The second kappa shape index (κ2) is 6.93. The summed E-state index contributed by atoms with van der Waals surface area (Å²) in [5, 5.41) is 15.5. The fraction of sp³-hybridized carbons (Fsp3) is 0.625. The highest BCUT2D eigenvalue weighted by atomic mass is 16.1. The van der Waals surface area contributed by atoms with E-state index < -0.39 is 0 Å². The molecule has 2 aromatic heterocycles. The van der Waals surface area contributed by atoms with Gasteiger partial charge in [0.15, 0.2) is 5.65 Å². The van der Waals surface area contributed by atoms with Crippen LogP contribution in [0.5, 0.6) is 0 Å². The standard InChI is InChI=1S/C16H24N6O/c1-3-13(4-2)18-16(23)12-7-9-21(10-8-12)15-6-5-14-19-17-11-22(14)20-15/h5-6,11-13H,3-4,7-10H2,1-2H3,(H,18,23). The van der Waals surface area contributed by atoms with E-state index >= 15 is 0 Å². The summed E-state index contributed by atoms with van der Waals surface area (Å²) in [7, 11) is 0. The second-order valence-electron chi connectivity index (χ2n) is 6.11. The fourth-order valence-electron chi connectivity index (χ4n) is 3.07. The van der Waals surface area contributed by atoms with Crippen molar-refractivity contribution in [2.45, 2.75) is 45.6 Å². The number of anilines is 1. The van der Waals surface area contributed by atoms with E-state index in [1.54, 1.807) is 10.8 Å². The van der Waals surface area contributed by atoms with Crippen LogP contribution < -0.4 is 10.2 Å². The molecule has 0 aliphatic carbocycles. The van der Waals surface area contributed by atoms with Crippen molar-refractivity contribution >= 4 is 17.4 Å². The summed E-state index contributed by atoms with van der Waals surface area (Å²) in [5.74, 6) is 1.24. The Hall–Kier alpha value is -2.18. The summed E-state index contributed by atoms with van der Waals surface area (Å²) in [6.07, 6.45) is 5.32. The summed E-state index contributed by atoms with van der Waals surface area (Å²) >= 11 is 0. The molecular formula is C16H24N6O. The van der Waals surface area contributed by atoms with Gasteiger partial charge in [-0.15, -0.1) is 15.3 Å². The number of hydrogen-bond acceptors (Lipinski definition) is 5. The minimum absolute atomic E-state index is 0.116. The Kier molecular flexibility index (Phi) is 4.73. The molecule has 0 atom stereocenters. The molecule has 1 fully saturated rings. The molecule has 0 saturated carbocycles. The Bertz CT molecular complexity index is 657. The number of hydrogen-bond donors (Lipinski definition) is 1. The van der Waals surface area contributed by atoms with Gasteiger partial charge in [-0.05, 0) is 37.8 Å². The highest BCUT2D eigenvalue weighted by Crippen LogP contribution is 2.22. The zero-order valence-electron chi connectivity index (χ0n) is 13.8. The Morgan fingerprint density at radius 3 is 2.74 bits per heavy atom. The van der Waals surface area contributed by atoms with Crippen molar-refractivity contribution in [3.05, 3.63) is 18.5 Å². The van der Waals surface area contributed by atoms with Gasteiger partial charge in [-0.2, -0.15) is 4.52 Å². The van der Waals surface area contributed by atoms with E-state index in [1.165, 1.54) is 0 Å². The third-order valence-electron chi connectivity index (χ3n) is 4.67. The fourth-order valence-corrected chi connectivity index (χ4v) is 3.07. The zero-order chi connectivity index (χ0) is 16.2. The molecule has 7 heteroatoms. The number of aromatic nitrogens is 4. The van der Waals surface area contributed by atoms with Gasteiger partial charge in [0.1, 0.15) is 12.1 Å². The van der Waals surface area contributed by atoms with Gasteiger partial charge in [0.05, 0.1) is 0 Å². The molecule has 0 aromatic carbocycles. The number of rotatable bonds is 5. The lowest BCUT2D eigenvalue weighted by atomic mass is 9.95. The largest absolute Gasteiger partial charge is 0.355 e. The van der Waals surface area contributed by atoms with Gasteiger partial charge < -0.3 is 10.2 Å². The van der Waals surface area contributed by atoms with E-state index in [-0.39, 0.29) is 11.8 Å². The Morgan fingerprint density at radius 1 is 1.30 bits per heavy atom. The van der Waals surface area contributed by atoms with Gasteiger partial charge in [0.25, 0.3) is 0 Å². The van der Waals surface area contributed by atoms with Crippen LogP contribution in [-0.4, -0.2) is 44.8 Å². The van der Waals surface area contributed by atoms with Crippen molar-refractivity contribution in [1.82, 2.24) is 25.1 Å². The maximum atomic E-state index is 12.3. The molecule has 1 aliphatic rings. The van der Waals surface area contributed by atoms with E-state index in [1.807, 2.05) is 12.1 Å². The van der Waals surface area contributed by atoms with Crippen LogP contribution >= 0.6 is 0 Å². The van der Waals surface area contributed by atoms with Crippen molar-refractivity contribution < 1.29 is 4.79 Å². The first-order valence-corrected chi connectivity index (χ1v) is 8.43. The molecule has 23 heavy (non-hydrogen) atoms. The Morgan fingerprint density at radius 2 is 2.04 bits per heavy atom. The Labute approximate surface area is 136 Å². The number of carbonyl (C=O) groups excluding carboxylic acids is 1. The number of piperidine rings is 1. The quantitative estimate of drug-likeness (QED) is 0.907. The average Bonchev–Trinajstić information content (AvgIpc) is 3.07. The van der Waals surface area contributed by atoms with Gasteiger partial charge in [-0.1, -0.05) is 13.8 Å². The van der Waals surface area contributed by atoms with Gasteiger partial charge in [0.2, 0.25) is 5.91 Å². The van der Waals surface area contributed by atoms with Crippen LogP contribution in [0.15, 0.2) is 18.5 Å². The summed E-state index contributed by atoms with van der Waals surface area (Å²) in [5.41, 5.74) is 0.744. The van der Waals surface area contributed by atoms with E-state index in [0.29, 0.717) is 6.04 Å². The van der Waals surface area contributed by atoms with Gasteiger partial charge in [0, 0.05) is 25.0 Å². The minimum Gasteiger partial charge on any atom is -0.355 e. The molecule has 1 N–H and O–H groups in total. The maximum Gasteiger partial charge on any atom is 0.223 e. The number of fused-ring (bicyclic) bond motifs is 1. The van der Waals surface area contributed by atoms with E-state index in [0.717, 1.165) is 50.2 Å². The maximum absolute atomic E-state index is 12.3. The summed E-state index contributed by atoms with van der Waals surface area (Å²) in [6.45, 7) is 5.93. The Balaban J connectivity index is 1.58. The van der Waals surface area contributed by atoms with Crippen LogP contribution in [0.1, 0.15) is 39.5 Å². The monoisotopic (exact) mass is 316 g/mol. The molecule has 0 spiro atoms. The van der Waals surface area contributed by atoms with Crippen molar-refractivity contribution in [2.24, 2.45) is 5.92 Å². The lowest BCUT2D eigenvalue weighted by Gasteiger charge is -2.32. The predicted octanol–water partition coefficient (Wildman–Crippen LogP) is 1.65. The number of amides is 1. The molecule has 1 saturated heterocycles. The van der Waals surface area contributed by atoms with Gasteiger partial charge >= 0.3 is 0 Å². The first-order chi connectivity index (χ1) is 11.2. The SMILES string of the molecule is CCC(CC)NC(=O)C1CCN(c2ccc3nncn3n2)CC1. The van der Waals surface area contributed by atoms with Gasteiger partial charge in [-0.3, -0.25) is 4.79 Å². The molecule has 3 rings (SSSR count). The van der Waals surface area contributed by atoms with Gasteiger partial charge in [-0.25, -0.2) is 0 Å². The third kappa shape index (κ3) is 3.43. The lowest BCUT2D eigenvalue weighted by Crippen LogP contribution is -2.43. The molecular weight excluding hydrogens is 292 g/mol. The van der Waals surface area contributed by atoms with Crippen LogP contribution in [0.25, 0.3) is 5.65 Å². The lowest BCUT2D eigenvalue weighted by molar-refractivity contribution is -0.126. The summed E-state index contributed by atoms with van der Waals surface area (Å²) in [4.78, 5) is 14.6. The van der Waals surface area contributed by atoms with Crippen LogP contribution in [-0.2, 0) is 4.79 Å². The van der Waals surface area contributed by atoms with Crippen LogP contribution in [0.2, 0.25) is 0 Å². The van der Waals surface area contributed by atoms with Crippen molar-refractivity contribution in [2.75, 3.05) is 18.0 Å². The van der Waals surface area contributed by atoms with E-state index in [9.17, 15) is 4.79 Å². The van der Waals surface area contributed by atoms with Crippen molar-refractivity contribution in [3.63, 3.8) is 0 Å². The smallest absolute Gasteiger partial charge is 0.223 e. The number of nitrogens with one attached hydrogen (secondary N) is 1. The van der Waals surface area contributed by atoms with Crippen LogP contribution in [0.4, 0.5) is 5.82 Å². The highest BCUT2D eigenvalue weighted by Gasteiger charge is 2.26. The topological polar surface area (TPSA) is 75.4 Å². The number of nitrogens with zero attached hydrogens (tertiary/aromatic N) is 5. The summed E-state index contributed by atoms with van der Waals surface area (Å²) in [6, 6.07) is 4.19. The average molecular weight is 316 g/mol. The summed E-state index contributed by atoms with van der Waals surface area (Å²) < 4.78 is 1.68. The molecule has 3 heterocycles.